The molecule has 0 bridgehead atoms. The number of rotatable bonds is 5. The van der Waals surface area contributed by atoms with Gasteiger partial charge in [0.05, 0.1) is 5.69 Å². The zero-order chi connectivity index (χ0) is 21.6. The number of nitrogens with two attached hydrogens (primary N) is 1. The van der Waals surface area contributed by atoms with Gasteiger partial charge in [0.1, 0.15) is 5.82 Å². The Morgan fingerprint density at radius 1 is 1.16 bits per heavy atom. The number of nitrogens with zero attached hydrogens (tertiary/aromatic N) is 4. The molecule has 2 aliphatic heterocycles. The first-order chi connectivity index (χ1) is 15.1. The number of piperidine rings is 1. The van der Waals surface area contributed by atoms with Gasteiger partial charge in [0.15, 0.2) is 0 Å². The van der Waals surface area contributed by atoms with Crippen molar-refractivity contribution in [2.45, 2.75) is 25.3 Å². The second kappa shape index (κ2) is 10.0. The Morgan fingerprint density at radius 2 is 1.94 bits per heavy atom. The second-order valence-corrected chi connectivity index (χ2v) is 8.25. The van der Waals surface area contributed by atoms with Gasteiger partial charge in [-0.3, -0.25) is 9.88 Å². The van der Waals surface area contributed by atoms with Gasteiger partial charge >= 0.3 is 11.7 Å². The van der Waals surface area contributed by atoms with Crippen LogP contribution < -0.4 is 22.1 Å². The molecule has 9 nitrogen and oxygen atoms in total. The molecule has 1 aromatic heterocycles. The zero-order valence-electron chi connectivity index (χ0n) is 17.8. The van der Waals surface area contributed by atoms with Crippen LogP contribution in [-0.4, -0.2) is 77.2 Å². The summed E-state index contributed by atoms with van der Waals surface area (Å²) in [5, 5.41) is 5.91. The van der Waals surface area contributed by atoms with E-state index in [9.17, 15) is 9.59 Å². The fraction of sp³-hybridized carbons (Fsp3) is 0.500. The summed E-state index contributed by atoms with van der Waals surface area (Å²) in [5.74, 6) is 0.265. The van der Waals surface area contributed by atoms with Crippen LogP contribution in [0, 0.1) is 0 Å². The van der Waals surface area contributed by atoms with Gasteiger partial charge in [-0.25, -0.2) is 9.59 Å². The molecule has 4 rings (SSSR count). The van der Waals surface area contributed by atoms with Gasteiger partial charge in [-0.1, -0.05) is 12.1 Å². The Morgan fingerprint density at radius 3 is 2.65 bits per heavy atom. The molecule has 31 heavy (non-hydrogen) atoms. The first-order valence-electron chi connectivity index (χ1n) is 11.0. The van der Waals surface area contributed by atoms with Gasteiger partial charge in [0.2, 0.25) is 0 Å². The largest absolute Gasteiger partial charge is 0.354 e. The van der Waals surface area contributed by atoms with Crippen LogP contribution in [0.15, 0.2) is 41.3 Å². The number of hydrogen-bond acceptors (Lipinski definition) is 6. The Kier molecular flexibility index (Phi) is 6.96. The van der Waals surface area contributed by atoms with Crippen molar-refractivity contribution in [1.29, 1.82) is 0 Å². The third-order valence-electron chi connectivity index (χ3n) is 5.92. The average Bonchev–Trinajstić information content (AvgIpc) is 2.79. The van der Waals surface area contributed by atoms with Gasteiger partial charge in [0, 0.05) is 51.5 Å². The Labute approximate surface area is 182 Å². The van der Waals surface area contributed by atoms with Crippen molar-refractivity contribution < 1.29 is 4.79 Å². The predicted molar refractivity (Wildman–Crippen MR) is 121 cm³/mol. The minimum atomic E-state index is -0.423. The van der Waals surface area contributed by atoms with Crippen molar-refractivity contribution in [1.82, 2.24) is 24.7 Å². The van der Waals surface area contributed by atoms with Crippen LogP contribution in [0.5, 0.6) is 0 Å². The van der Waals surface area contributed by atoms with E-state index < -0.39 is 5.69 Å². The van der Waals surface area contributed by atoms with Crippen LogP contribution >= 0.6 is 0 Å². The van der Waals surface area contributed by atoms with Gasteiger partial charge < -0.3 is 20.9 Å². The summed E-state index contributed by atoms with van der Waals surface area (Å²) in [6.07, 6.45) is 4.89. The summed E-state index contributed by atoms with van der Waals surface area (Å²) in [4.78, 5) is 33.0. The summed E-state index contributed by atoms with van der Waals surface area (Å²) in [6, 6.07) is 9.66. The molecule has 1 aromatic carbocycles. The number of urea groups is 1. The number of hydrogen-bond donors (Lipinski definition) is 3. The number of nitrogens with one attached hydrogen (secondary N) is 2. The van der Waals surface area contributed by atoms with E-state index in [4.69, 9.17) is 5.73 Å². The summed E-state index contributed by atoms with van der Waals surface area (Å²) in [5.41, 5.74) is 7.61. The molecule has 0 unspecified atom stereocenters. The van der Waals surface area contributed by atoms with Crippen LogP contribution in [0.2, 0.25) is 0 Å². The number of anilines is 1. The van der Waals surface area contributed by atoms with Crippen LogP contribution in [0.4, 0.5) is 10.6 Å². The monoisotopic (exact) mass is 425 g/mol. The van der Waals surface area contributed by atoms with Gasteiger partial charge in [-0.15, -0.1) is 0 Å². The fourth-order valence-corrected chi connectivity index (χ4v) is 4.13. The van der Waals surface area contributed by atoms with E-state index in [1.165, 1.54) is 16.6 Å². The van der Waals surface area contributed by atoms with Crippen molar-refractivity contribution in [3.05, 3.63) is 52.6 Å². The van der Waals surface area contributed by atoms with E-state index in [0.717, 1.165) is 51.3 Å². The Balaban J connectivity index is 1.35. The third-order valence-corrected chi connectivity index (χ3v) is 5.92. The number of aromatic nitrogens is 2. The van der Waals surface area contributed by atoms with E-state index in [1.807, 2.05) is 24.3 Å². The summed E-state index contributed by atoms with van der Waals surface area (Å²) < 4.78 is 1.48. The lowest BCUT2D eigenvalue weighted by atomic mass is 10.1. The van der Waals surface area contributed by atoms with Crippen molar-refractivity contribution in [2.75, 3.05) is 51.1 Å². The van der Waals surface area contributed by atoms with Gasteiger partial charge in [-0.05, 0) is 49.6 Å². The maximum atomic E-state index is 12.5. The second-order valence-electron chi connectivity index (χ2n) is 8.25. The number of likely N-dealkylation sites (tertiary alicyclic amines) is 1. The summed E-state index contributed by atoms with van der Waals surface area (Å²) in [6.45, 7) is 5.89. The van der Waals surface area contributed by atoms with Crippen molar-refractivity contribution >= 4 is 11.8 Å². The van der Waals surface area contributed by atoms with E-state index in [0.29, 0.717) is 19.1 Å². The molecule has 9 heteroatoms. The fourth-order valence-electron chi connectivity index (χ4n) is 4.13. The highest BCUT2D eigenvalue weighted by molar-refractivity contribution is 5.88. The quantitative estimate of drug-likeness (QED) is 0.649. The highest BCUT2D eigenvalue weighted by Gasteiger charge is 2.17. The maximum Gasteiger partial charge on any atom is 0.354 e. The molecule has 1 atom stereocenters. The molecule has 0 aliphatic carbocycles. The number of amides is 2. The minimum Gasteiger partial charge on any atom is -0.327 e. The van der Waals surface area contributed by atoms with Gasteiger partial charge in [0.25, 0.3) is 0 Å². The highest BCUT2D eigenvalue weighted by Crippen LogP contribution is 2.12. The van der Waals surface area contributed by atoms with E-state index >= 15 is 0 Å². The Bertz CT molecular complexity index is 938. The molecule has 2 aliphatic rings. The smallest absolute Gasteiger partial charge is 0.327 e. The SMILES string of the molecule is N[C@@H]1CCCN(CCc2ccc(-n3ccc(NC(=O)N4CCNCC4)nc3=O)cc2)C1. The minimum absolute atomic E-state index is 0.231. The van der Waals surface area contributed by atoms with Crippen molar-refractivity contribution in [3.8, 4) is 5.69 Å². The summed E-state index contributed by atoms with van der Waals surface area (Å²) in [7, 11) is 0. The van der Waals surface area contributed by atoms with Crippen molar-refractivity contribution in [2.24, 2.45) is 5.73 Å². The lowest BCUT2D eigenvalue weighted by molar-refractivity contribution is 0.204. The van der Waals surface area contributed by atoms with Gasteiger partial charge in [-0.2, -0.15) is 4.98 Å². The molecule has 2 fully saturated rings. The third kappa shape index (κ3) is 5.69. The molecular formula is C22H31N7O2. The number of piperazine rings is 1. The standard InChI is InChI=1S/C22H31N7O2/c23-18-2-1-11-27(16-18)12-7-17-3-5-19(6-4-17)29-13-8-20(26-22(29)31)25-21(30)28-14-9-24-10-15-28/h3-6,8,13,18,24H,1-2,7,9-12,14-16,23H2,(H,25,26,30,31)/t18-/m1/s1. The Hall–Kier alpha value is -2.75. The van der Waals surface area contributed by atoms with Crippen LogP contribution in [0.1, 0.15) is 18.4 Å². The van der Waals surface area contributed by atoms with E-state index in [-0.39, 0.29) is 11.8 Å². The normalized spacial score (nSPS) is 19.9. The number of carbonyl (C=O) groups is 1. The lowest BCUT2D eigenvalue weighted by Crippen LogP contribution is -2.48. The van der Waals surface area contributed by atoms with Crippen LogP contribution in [-0.2, 0) is 6.42 Å². The molecule has 0 spiro atoms. The number of benzene rings is 1. The maximum absolute atomic E-state index is 12.5. The van der Waals surface area contributed by atoms with Crippen LogP contribution in [0.3, 0.4) is 0 Å². The summed E-state index contributed by atoms with van der Waals surface area (Å²) >= 11 is 0. The molecule has 0 saturated carbocycles. The molecule has 2 saturated heterocycles. The molecule has 166 valence electrons. The molecule has 2 aromatic rings. The molecule has 0 radical (unpaired) electrons. The van der Waals surface area contributed by atoms with E-state index in [2.05, 4.69) is 20.5 Å². The lowest BCUT2D eigenvalue weighted by Gasteiger charge is -2.30. The van der Waals surface area contributed by atoms with Crippen LogP contribution in [0.25, 0.3) is 5.69 Å². The molecular weight excluding hydrogens is 394 g/mol. The average molecular weight is 426 g/mol. The van der Waals surface area contributed by atoms with E-state index in [1.54, 1.807) is 17.2 Å². The number of carbonyl (C=O) groups excluding carboxylic acids is 1. The molecule has 2 amide bonds. The first kappa shape index (κ1) is 21.5. The molecule has 3 heterocycles. The predicted octanol–water partition coefficient (Wildman–Crippen LogP) is 0.635. The zero-order valence-corrected chi connectivity index (χ0v) is 17.8. The molecule has 4 N–H and O–H groups in total. The first-order valence-corrected chi connectivity index (χ1v) is 11.0. The highest BCUT2D eigenvalue weighted by atomic mass is 16.2. The van der Waals surface area contributed by atoms with Crippen molar-refractivity contribution in [3.63, 3.8) is 0 Å². The topological polar surface area (TPSA) is 109 Å².